The van der Waals surface area contributed by atoms with Crippen molar-refractivity contribution in [1.29, 1.82) is 0 Å². The Morgan fingerprint density at radius 2 is 2.31 bits per heavy atom. The molecule has 0 amide bonds. The molecule has 0 bridgehead atoms. The maximum atomic E-state index is 11.3. The molecule has 2 heterocycles. The highest BCUT2D eigenvalue weighted by molar-refractivity contribution is 7.91. The third-order valence-corrected chi connectivity index (χ3v) is 4.29. The first-order valence-corrected chi connectivity index (χ1v) is 6.83. The molecular formula is C8H14N4O3S. The van der Waals surface area contributed by atoms with Gasteiger partial charge in [0.25, 0.3) is 0 Å². The summed E-state index contributed by atoms with van der Waals surface area (Å²) in [7, 11) is -3.16. The molecule has 1 fully saturated rings. The van der Waals surface area contributed by atoms with Crippen molar-refractivity contribution in [2.45, 2.75) is 18.6 Å². The number of sulfone groups is 1. The smallest absolute Gasteiger partial charge is 0.155 e. The second-order valence-corrected chi connectivity index (χ2v) is 6.09. The second-order valence-electron chi connectivity index (χ2n) is 3.94. The first-order chi connectivity index (χ1) is 7.52. The first kappa shape index (κ1) is 11.5. The third-order valence-electron chi connectivity index (χ3n) is 2.59. The van der Waals surface area contributed by atoms with Crippen LogP contribution in [0.4, 0.5) is 0 Å². The minimum atomic E-state index is -3.16. The number of aromatic nitrogens is 3. The van der Waals surface area contributed by atoms with E-state index in [0.29, 0.717) is 18.7 Å². The average molecular weight is 246 g/mol. The van der Waals surface area contributed by atoms with E-state index in [-0.39, 0.29) is 11.5 Å². The quantitative estimate of drug-likeness (QED) is 0.645. The van der Waals surface area contributed by atoms with E-state index < -0.39 is 22.0 Å². The summed E-state index contributed by atoms with van der Waals surface area (Å²) in [6.45, 7) is 0.463. The molecule has 0 saturated carbocycles. The number of hydrogen-bond donors (Lipinski definition) is 2. The lowest BCUT2D eigenvalue weighted by Crippen LogP contribution is -2.22. The molecular weight excluding hydrogens is 232 g/mol. The van der Waals surface area contributed by atoms with Gasteiger partial charge < -0.3 is 10.8 Å². The van der Waals surface area contributed by atoms with Crippen molar-refractivity contribution >= 4 is 9.84 Å². The molecule has 8 heteroatoms. The Morgan fingerprint density at radius 3 is 2.88 bits per heavy atom. The predicted molar refractivity (Wildman–Crippen MR) is 56.5 cm³/mol. The highest BCUT2D eigenvalue weighted by Crippen LogP contribution is 2.23. The minimum absolute atomic E-state index is 0.0837. The van der Waals surface area contributed by atoms with Gasteiger partial charge in [0.1, 0.15) is 0 Å². The molecule has 1 aliphatic rings. The van der Waals surface area contributed by atoms with E-state index >= 15 is 0 Å². The maximum Gasteiger partial charge on any atom is 0.155 e. The van der Waals surface area contributed by atoms with Gasteiger partial charge in [-0.2, -0.15) is 0 Å². The Kier molecular flexibility index (Phi) is 2.96. The Balaban J connectivity index is 2.18. The van der Waals surface area contributed by atoms with Gasteiger partial charge in [0.2, 0.25) is 0 Å². The molecule has 2 unspecified atom stereocenters. The Hall–Kier alpha value is -0.990. The van der Waals surface area contributed by atoms with E-state index in [1.54, 1.807) is 6.20 Å². The van der Waals surface area contributed by atoms with Crippen LogP contribution >= 0.6 is 0 Å². The van der Waals surface area contributed by atoms with Crippen molar-refractivity contribution in [2.24, 2.45) is 5.73 Å². The fourth-order valence-electron chi connectivity index (χ4n) is 1.80. The van der Waals surface area contributed by atoms with Crippen molar-refractivity contribution in [3.63, 3.8) is 0 Å². The van der Waals surface area contributed by atoms with Gasteiger partial charge in [-0.1, -0.05) is 5.21 Å². The van der Waals surface area contributed by atoms with Crippen molar-refractivity contribution in [2.75, 3.05) is 18.1 Å². The summed E-state index contributed by atoms with van der Waals surface area (Å²) in [5.41, 5.74) is 6.08. The highest BCUT2D eigenvalue weighted by atomic mass is 32.2. The van der Waals surface area contributed by atoms with Crippen molar-refractivity contribution in [1.82, 2.24) is 15.0 Å². The SMILES string of the molecule is NCCc1cn(C2CS(=O)(=O)CC2O)nn1. The molecule has 7 nitrogen and oxygen atoms in total. The Morgan fingerprint density at radius 1 is 1.56 bits per heavy atom. The van der Waals surface area contributed by atoms with Crippen LogP contribution in [0.15, 0.2) is 6.20 Å². The van der Waals surface area contributed by atoms with E-state index in [1.807, 2.05) is 0 Å². The van der Waals surface area contributed by atoms with Gasteiger partial charge in [-0.25, -0.2) is 13.1 Å². The topological polar surface area (TPSA) is 111 Å². The lowest BCUT2D eigenvalue weighted by Gasteiger charge is -2.11. The predicted octanol–water partition coefficient (Wildman–Crippen LogP) is -1.89. The van der Waals surface area contributed by atoms with Gasteiger partial charge in [-0.3, -0.25) is 0 Å². The fourth-order valence-corrected chi connectivity index (χ4v) is 3.57. The summed E-state index contributed by atoms with van der Waals surface area (Å²) in [5, 5.41) is 17.3. The van der Waals surface area contributed by atoms with Gasteiger partial charge in [0.15, 0.2) is 9.84 Å². The molecule has 1 saturated heterocycles. The second kappa shape index (κ2) is 4.11. The number of aliphatic hydroxyl groups excluding tert-OH is 1. The summed E-state index contributed by atoms with van der Waals surface area (Å²) >= 11 is 0. The van der Waals surface area contributed by atoms with Crippen LogP contribution in [0.2, 0.25) is 0 Å². The molecule has 2 atom stereocenters. The van der Waals surface area contributed by atoms with Crippen LogP contribution in [-0.2, 0) is 16.3 Å². The van der Waals surface area contributed by atoms with Crippen LogP contribution in [0.5, 0.6) is 0 Å². The maximum absolute atomic E-state index is 11.3. The van der Waals surface area contributed by atoms with Crippen LogP contribution in [0.3, 0.4) is 0 Å². The zero-order valence-electron chi connectivity index (χ0n) is 8.65. The number of nitrogens with two attached hydrogens (primary N) is 1. The summed E-state index contributed by atoms with van der Waals surface area (Å²) in [5.74, 6) is -0.288. The standard InChI is InChI=1S/C8H14N4O3S/c9-2-1-6-3-12(11-10-6)7-4-16(14,15)5-8(7)13/h3,7-8,13H,1-2,4-5,9H2. The number of hydrogen-bond acceptors (Lipinski definition) is 6. The normalized spacial score (nSPS) is 28.4. The molecule has 2 rings (SSSR count). The molecule has 0 aliphatic carbocycles. The van der Waals surface area contributed by atoms with E-state index in [2.05, 4.69) is 10.3 Å². The number of nitrogens with zero attached hydrogens (tertiary/aromatic N) is 3. The average Bonchev–Trinajstić information content (AvgIpc) is 2.71. The molecule has 3 N–H and O–H groups in total. The third kappa shape index (κ3) is 2.23. The number of aliphatic hydroxyl groups is 1. The van der Waals surface area contributed by atoms with Crippen molar-refractivity contribution in [3.8, 4) is 0 Å². The number of rotatable bonds is 3. The lowest BCUT2D eigenvalue weighted by atomic mass is 10.2. The van der Waals surface area contributed by atoms with E-state index in [1.165, 1.54) is 4.68 Å². The molecule has 0 aromatic carbocycles. The summed E-state index contributed by atoms with van der Waals surface area (Å²) < 4.78 is 24.0. The molecule has 90 valence electrons. The summed E-state index contributed by atoms with van der Waals surface area (Å²) in [6, 6.07) is -0.524. The Bertz CT molecular complexity index is 469. The largest absolute Gasteiger partial charge is 0.390 e. The van der Waals surface area contributed by atoms with Gasteiger partial charge in [0.05, 0.1) is 29.3 Å². The molecule has 1 aromatic rings. The first-order valence-electron chi connectivity index (χ1n) is 5.01. The van der Waals surface area contributed by atoms with Crippen LogP contribution in [0, 0.1) is 0 Å². The van der Waals surface area contributed by atoms with Crippen molar-refractivity contribution < 1.29 is 13.5 Å². The van der Waals surface area contributed by atoms with Crippen LogP contribution in [0.25, 0.3) is 0 Å². The van der Waals surface area contributed by atoms with Crippen LogP contribution in [0.1, 0.15) is 11.7 Å². The summed E-state index contributed by atoms with van der Waals surface area (Å²) in [4.78, 5) is 0. The van der Waals surface area contributed by atoms with Gasteiger partial charge in [-0.15, -0.1) is 5.10 Å². The van der Waals surface area contributed by atoms with Gasteiger partial charge in [0, 0.05) is 12.6 Å². The lowest BCUT2D eigenvalue weighted by molar-refractivity contribution is 0.145. The zero-order valence-corrected chi connectivity index (χ0v) is 9.47. The van der Waals surface area contributed by atoms with Gasteiger partial charge >= 0.3 is 0 Å². The van der Waals surface area contributed by atoms with Crippen LogP contribution < -0.4 is 5.73 Å². The molecule has 16 heavy (non-hydrogen) atoms. The molecule has 1 aliphatic heterocycles. The van der Waals surface area contributed by atoms with E-state index in [4.69, 9.17) is 5.73 Å². The molecule has 1 aromatic heterocycles. The zero-order chi connectivity index (χ0) is 11.8. The van der Waals surface area contributed by atoms with Gasteiger partial charge in [-0.05, 0) is 6.54 Å². The minimum Gasteiger partial charge on any atom is -0.390 e. The van der Waals surface area contributed by atoms with Crippen LogP contribution in [-0.4, -0.2) is 52.7 Å². The fraction of sp³-hybridized carbons (Fsp3) is 0.750. The molecule has 0 radical (unpaired) electrons. The monoisotopic (exact) mass is 246 g/mol. The van der Waals surface area contributed by atoms with Crippen molar-refractivity contribution in [3.05, 3.63) is 11.9 Å². The summed E-state index contributed by atoms with van der Waals surface area (Å²) in [6.07, 6.45) is 1.33. The molecule has 0 spiro atoms. The highest BCUT2D eigenvalue weighted by Gasteiger charge is 2.38. The van der Waals surface area contributed by atoms with E-state index in [0.717, 1.165) is 0 Å². The van der Waals surface area contributed by atoms with E-state index in [9.17, 15) is 13.5 Å². The Labute approximate surface area is 93.2 Å².